The molecule has 2 amide bonds. The number of aryl methyl sites for hydroxylation is 1. The molecule has 0 radical (unpaired) electrons. The largest absolute Gasteiger partial charge is 0.381 e. The van der Waals surface area contributed by atoms with Crippen molar-refractivity contribution in [2.45, 2.75) is 58.5 Å². The van der Waals surface area contributed by atoms with Crippen molar-refractivity contribution in [2.75, 3.05) is 29.0 Å². The van der Waals surface area contributed by atoms with Crippen molar-refractivity contribution in [1.82, 2.24) is 19.7 Å². The monoisotopic (exact) mass is 579 g/mol. The van der Waals surface area contributed by atoms with Gasteiger partial charge in [0.05, 0.1) is 23.1 Å². The molecule has 0 aliphatic carbocycles. The quantitative estimate of drug-likeness (QED) is 0.212. The van der Waals surface area contributed by atoms with Crippen LogP contribution in [0.15, 0.2) is 73.2 Å². The van der Waals surface area contributed by atoms with Crippen molar-refractivity contribution in [3.63, 3.8) is 0 Å². The molecule has 1 fully saturated rings. The van der Waals surface area contributed by atoms with E-state index in [0.29, 0.717) is 41.6 Å². The van der Waals surface area contributed by atoms with E-state index in [0.717, 1.165) is 29.7 Å². The Balaban J connectivity index is 1.25. The topological polar surface area (TPSA) is 104 Å². The smallest absolute Gasteiger partial charge is 0.257 e. The molecule has 5 rings (SSSR count). The lowest BCUT2D eigenvalue weighted by molar-refractivity contribution is 0.0712. The fraction of sp³-hybridized carbons (Fsp3) is 0.353. The van der Waals surface area contributed by atoms with Crippen LogP contribution in [0.5, 0.6) is 0 Å². The zero-order valence-corrected chi connectivity index (χ0v) is 25.6. The molecule has 4 aromatic rings. The van der Waals surface area contributed by atoms with E-state index >= 15 is 0 Å². The van der Waals surface area contributed by atoms with Gasteiger partial charge in [-0.25, -0.2) is 4.98 Å². The Morgan fingerprint density at radius 3 is 2.12 bits per heavy atom. The Morgan fingerprint density at radius 2 is 1.51 bits per heavy atom. The normalized spacial score (nSPS) is 13.8. The average Bonchev–Trinajstić information content (AvgIpc) is 3.44. The molecule has 0 spiro atoms. The third kappa shape index (κ3) is 7.41. The summed E-state index contributed by atoms with van der Waals surface area (Å²) >= 11 is 0. The van der Waals surface area contributed by atoms with Gasteiger partial charge in [0.1, 0.15) is 5.82 Å². The van der Waals surface area contributed by atoms with Gasteiger partial charge in [0.15, 0.2) is 0 Å². The first-order valence-corrected chi connectivity index (χ1v) is 15.0. The van der Waals surface area contributed by atoms with E-state index in [-0.39, 0.29) is 23.9 Å². The van der Waals surface area contributed by atoms with Crippen LogP contribution in [0.25, 0.3) is 11.1 Å². The van der Waals surface area contributed by atoms with Gasteiger partial charge in [-0.15, -0.1) is 0 Å². The number of piperidine rings is 1. The summed E-state index contributed by atoms with van der Waals surface area (Å²) in [6.07, 6.45) is 7.26. The molecule has 224 valence electrons. The predicted octanol–water partition coefficient (Wildman–Crippen LogP) is 6.39. The van der Waals surface area contributed by atoms with E-state index in [2.05, 4.69) is 50.3 Å². The van der Waals surface area contributed by atoms with Crippen LogP contribution in [0.3, 0.4) is 0 Å². The van der Waals surface area contributed by atoms with Crippen molar-refractivity contribution in [1.29, 1.82) is 0 Å². The Morgan fingerprint density at radius 1 is 0.814 bits per heavy atom. The summed E-state index contributed by atoms with van der Waals surface area (Å²) in [5.74, 6) is 0.820. The van der Waals surface area contributed by atoms with Gasteiger partial charge < -0.3 is 20.9 Å². The molecular weight excluding hydrogens is 538 g/mol. The molecule has 43 heavy (non-hydrogen) atoms. The maximum atomic E-state index is 13.6. The summed E-state index contributed by atoms with van der Waals surface area (Å²) in [5.41, 5.74) is 5.89. The number of anilines is 3. The van der Waals surface area contributed by atoms with Gasteiger partial charge in [0.25, 0.3) is 11.8 Å². The van der Waals surface area contributed by atoms with Crippen molar-refractivity contribution in [3.8, 4) is 11.1 Å². The van der Waals surface area contributed by atoms with Crippen molar-refractivity contribution < 1.29 is 9.59 Å². The van der Waals surface area contributed by atoms with Crippen LogP contribution in [0.2, 0.25) is 0 Å². The van der Waals surface area contributed by atoms with E-state index in [4.69, 9.17) is 0 Å². The number of aromatic nitrogens is 3. The number of nitrogens with one attached hydrogen (secondary N) is 3. The molecule has 1 aliphatic rings. The molecule has 0 bridgehead atoms. The van der Waals surface area contributed by atoms with Crippen molar-refractivity contribution in [3.05, 3.63) is 89.9 Å². The maximum Gasteiger partial charge on any atom is 0.257 e. The summed E-state index contributed by atoms with van der Waals surface area (Å²) in [6, 6.07) is 18.1. The second-order valence-corrected chi connectivity index (χ2v) is 11.8. The van der Waals surface area contributed by atoms with Crippen molar-refractivity contribution in [2.24, 2.45) is 7.05 Å². The number of benzene rings is 2. The highest BCUT2D eigenvalue weighted by atomic mass is 16.2. The molecule has 0 unspecified atom stereocenters. The maximum absolute atomic E-state index is 13.6. The van der Waals surface area contributed by atoms with Gasteiger partial charge in [-0.1, -0.05) is 24.3 Å². The van der Waals surface area contributed by atoms with Crippen LogP contribution < -0.4 is 16.0 Å². The minimum atomic E-state index is -0.282. The fourth-order valence-electron chi connectivity index (χ4n) is 5.44. The molecule has 9 nitrogen and oxygen atoms in total. The summed E-state index contributed by atoms with van der Waals surface area (Å²) < 4.78 is 1.81. The number of likely N-dealkylation sites (tertiary alicyclic amines) is 1. The summed E-state index contributed by atoms with van der Waals surface area (Å²) in [4.78, 5) is 33.0. The highest BCUT2D eigenvalue weighted by Crippen LogP contribution is 2.31. The van der Waals surface area contributed by atoms with E-state index in [1.807, 2.05) is 68.9 Å². The molecule has 0 atom stereocenters. The lowest BCUT2D eigenvalue weighted by Gasteiger charge is -2.32. The zero-order chi connectivity index (χ0) is 30.5. The molecule has 3 N–H and O–H groups in total. The van der Waals surface area contributed by atoms with Crippen molar-refractivity contribution >= 4 is 29.0 Å². The summed E-state index contributed by atoms with van der Waals surface area (Å²) in [5, 5.41) is 13.9. The number of hydrogen-bond acceptors (Lipinski definition) is 6. The lowest BCUT2D eigenvalue weighted by atomic mass is 9.88. The lowest BCUT2D eigenvalue weighted by Crippen LogP contribution is -2.38. The Hall–Kier alpha value is -4.66. The van der Waals surface area contributed by atoms with Gasteiger partial charge in [-0.05, 0) is 87.9 Å². The highest BCUT2D eigenvalue weighted by Gasteiger charge is 2.25. The van der Waals surface area contributed by atoms with Crippen LogP contribution in [0.1, 0.15) is 72.7 Å². The van der Waals surface area contributed by atoms with Gasteiger partial charge in [0, 0.05) is 55.7 Å². The SMILES string of the molecule is CC(C)Nc1ccc(C(=O)Nc2cc(C(=O)N3CCC(c4ccc(-c5cnn(C)c5)cc4)CC3)ccc2NC(C)C)cn1. The number of amides is 2. The van der Waals surface area contributed by atoms with E-state index in [1.165, 1.54) is 5.56 Å². The Kier molecular flexibility index (Phi) is 9.09. The van der Waals surface area contributed by atoms with Crippen LogP contribution in [0.4, 0.5) is 17.2 Å². The van der Waals surface area contributed by atoms with E-state index in [9.17, 15) is 9.59 Å². The highest BCUT2D eigenvalue weighted by molar-refractivity contribution is 6.07. The van der Waals surface area contributed by atoms with E-state index < -0.39 is 0 Å². The van der Waals surface area contributed by atoms with Gasteiger partial charge in [-0.2, -0.15) is 5.10 Å². The molecular formula is C34H41N7O2. The number of hydrogen-bond donors (Lipinski definition) is 3. The Bertz CT molecular complexity index is 1550. The first-order valence-electron chi connectivity index (χ1n) is 15.0. The molecule has 2 aromatic heterocycles. The van der Waals surface area contributed by atoms with Gasteiger partial charge in [-0.3, -0.25) is 14.3 Å². The number of carbonyl (C=O) groups is 2. The van der Waals surface area contributed by atoms with Crippen LogP contribution in [-0.2, 0) is 7.05 Å². The fourth-order valence-corrected chi connectivity index (χ4v) is 5.44. The third-order valence-electron chi connectivity index (χ3n) is 7.62. The van der Waals surface area contributed by atoms with Crippen LogP contribution in [0, 0.1) is 0 Å². The van der Waals surface area contributed by atoms with Crippen LogP contribution >= 0.6 is 0 Å². The van der Waals surface area contributed by atoms with Crippen LogP contribution in [-0.4, -0.2) is 56.7 Å². The van der Waals surface area contributed by atoms with Gasteiger partial charge in [0.2, 0.25) is 0 Å². The number of carbonyl (C=O) groups excluding carboxylic acids is 2. The predicted molar refractivity (Wildman–Crippen MR) is 173 cm³/mol. The molecule has 2 aromatic carbocycles. The molecule has 0 saturated carbocycles. The number of rotatable bonds is 9. The second kappa shape index (κ2) is 13.1. The number of nitrogens with zero attached hydrogens (tertiary/aromatic N) is 4. The standard InChI is InChI=1S/C34H41N7O2/c1-22(2)37-30-12-10-27(18-31(30)39-33(42)28-11-13-32(35-19-28)38-23(3)4)34(43)41-16-14-26(15-17-41)24-6-8-25(9-7-24)29-20-36-40(5)21-29/h6-13,18-23,26,37H,14-17H2,1-5H3,(H,35,38)(H,39,42). The first-order chi connectivity index (χ1) is 20.7. The second-order valence-electron chi connectivity index (χ2n) is 11.8. The molecule has 1 aliphatic heterocycles. The molecule has 9 heteroatoms. The number of pyridine rings is 1. The third-order valence-corrected chi connectivity index (χ3v) is 7.62. The Labute approximate surface area is 253 Å². The molecule has 3 heterocycles. The minimum absolute atomic E-state index is 0.0252. The first kappa shape index (κ1) is 29.8. The summed E-state index contributed by atoms with van der Waals surface area (Å²) in [7, 11) is 1.92. The van der Waals surface area contributed by atoms with E-state index in [1.54, 1.807) is 24.4 Å². The zero-order valence-electron chi connectivity index (χ0n) is 25.6. The minimum Gasteiger partial charge on any atom is -0.381 e. The molecule has 1 saturated heterocycles. The average molecular weight is 580 g/mol. The summed E-state index contributed by atoms with van der Waals surface area (Å²) in [6.45, 7) is 9.50. The van der Waals surface area contributed by atoms with Gasteiger partial charge >= 0.3 is 0 Å².